The van der Waals surface area contributed by atoms with Crippen molar-refractivity contribution in [1.29, 1.82) is 5.26 Å². The average molecular weight is 385 g/mol. The Morgan fingerprint density at radius 3 is 2.66 bits per heavy atom. The van der Waals surface area contributed by atoms with E-state index in [-0.39, 0.29) is 11.3 Å². The van der Waals surface area contributed by atoms with Crippen molar-refractivity contribution in [2.45, 2.75) is 20.0 Å². The molecule has 3 aromatic heterocycles. The van der Waals surface area contributed by atoms with Crippen molar-refractivity contribution in [3.8, 4) is 22.9 Å². The number of aliphatic hydroxyl groups excluding tert-OH is 1. The molecule has 0 aliphatic heterocycles. The standard InChI is InChI=1S/C22H19N5O2/c1-13-6-17(14(2)28)19-9-18(21(10-23)25-20(19)7-13)15-4-5-27(22(29)8-15)16-11-24-26(3)12-16/h4-9,11-12,14,28H,1-3H3. The third-order valence-corrected chi connectivity index (χ3v) is 4.87. The van der Waals surface area contributed by atoms with Crippen molar-refractivity contribution in [3.05, 3.63) is 76.1 Å². The first-order valence-electron chi connectivity index (χ1n) is 9.13. The molecule has 7 heteroatoms. The predicted octanol–water partition coefficient (Wildman–Crippen LogP) is 3.02. The highest BCUT2D eigenvalue weighted by Crippen LogP contribution is 2.31. The van der Waals surface area contributed by atoms with E-state index in [0.717, 1.165) is 16.5 Å². The van der Waals surface area contributed by atoms with Gasteiger partial charge in [-0.2, -0.15) is 10.4 Å². The predicted molar refractivity (Wildman–Crippen MR) is 110 cm³/mol. The van der Waals surface area contributed by atoms with Gasteiger partial charge < -0.3 is 5.11 Å². The summed E-state index contributed by atoms with van der Waals surface area (Å²) in [5.74, 6) is 0. The number of aryl methyl sites for hydroxylation is 2. The molecule has 144 valence electrons. The second kappa shape index (κ2) is 7.00. The number of pyridine rings is 2. The SMILES string of the molecule is Cc1cc(C(C)O)c2cc(-c3ccn(-c4cnn(C)c4)c(=O)c3)c(C#N)nc2c1. The largest absolute Gasteiger partial charge is 0.389 e. The van der Waals surface area contributed by atoms with Gasteiger partial charge in [0.05, 0.1) is 23.5 Å². The fourth-order valence-corrected chi connectivity index (χ4v) is 3.49. The van der Waals surface area contributed by atoms with Crippen LogP contribution in [0.15, 0.2) is 53.7 Å². The zero-order chi connectivity index (χ0) is 20.7. The van der Waals surface area contributed by atoms with Crippen molar-refractivity contribution in [1.82, 2.24) is 19.3 Å². The minimum atomic E-state index is -0.682. The van der Waals surface area contributed by atoms with E-state index in [1.54, 1.807) is 43.3 Å². The number of nitrogens with zero attached hydrogens (tertiary/aromatic N) is 5. The highest BCUT2D eigenvalue weighted by molar-refractivity contribution is 5.89. The van der Waals surface area contributed by atoms with Crippen LogP contribution in [0.4, 0.5) is 0 Å². The number of fused-ring (bicyclic) bond motifs is 1. The van der Waals surface area contributed by atoms with Gasteiger partial charge in [0.2, 0.25) is 0 Å². The smallest absolute Gasteiger partial charge is 0.255 e. The van der Waals surface area contributed by atoms with Crippen molar-refractivity contribution in [3.63, 3.8) is 0 Å². The molecule has 4 rings (SSSR count). The van der Waals surface area contributed by atoms with Gasteiger partial charge in [-0.05, 0) is 48.7 Å². The summed E-state index contributed by atoms with van der Waals surface area (Å²) in [6.07, 6.45) is 4.33. The van der Waals surface area contributed by atoms with Crippen LogP contribution in [-0.4, -0.2) is 24.4 Å². The summed E-state index contributed by atoms with van der Waals surface area (Å²) in [6.45, 7) is 3.62. The minimum Gasteiger partial charge on any atom is -0.389 e. The zero-order valence-corrected chi connectivity index (χ0v) is 16.3. The van der Waals surface area contributed by atoms with Crippen LogP contribution >= 0.6 is 0 Å². The maximum Gasteiger partial charge on any atom is 0.255 e. The molecule has 1 atom stereocenters. The second-order valence-corrected chi connectivity index (χ2v) is 7.09. The Morgan fingerprint density at radius 2 is 2.03 bits per heavy atom. The van der Waals surface area contributed by atoms with E-state index in [0.29, 0.717) is 22.3 Å². The van der Waals surface area contributed by atoms with Gasteiger partial charge in [-0.15, -0.1) is 0 Å². The lowest BCUT2D eigenvalue weighted by Gasteiger charge is -2.13. The summed E-state index contributed by atoms with van der Waals surface area (Å²) >= 11 is 0. The van der Waals surface area contributed by atoms with Crippen LogP contribution < -0.4 is 5.56 Å². The van der Waals surface area contributed by atoms with Crippen molar-refractivity contribution in [2.24, 2.45) is 7.05 Å². The highest BCUT2D eigenvalue weighted by atomic mass is 16.3. The maximum atomic E-state index is 12.7. The first kappa shape index (κ1) is 18.6. The summed E-state index contributed by atoms with van der Waals surface area (Å²) in [5, 5.41) is 24.7. The second-order valence-electron chi connectivity index (χ2n) is 7.09. The number of nitriles is 1. The Balaban J connectivity index is 1.92. The molecule has 4 aromatic rings. The Morgan fingerprint density at radius 1 is 1.24 bits per heavy atom. The van der Waals surface area contributed by atoms with Crippen LogP contribution in [0.3, 0.4) is 0 Å². The summed E-state index contributed by atoms with van der Waals surface area (Å²) < 4.78 is 3.11. The van der Waals surface area contributed by atoms with E-state index in [1.165, 1.54) is 10.6 Å². The van der Waals surface area contributed by atoms with Crippen LogP contribution in [0.25, 0.3) is 27.7 Å². The summed E-state index contributed by atoms with van der Waals surface area (Å²) in [6, 6.07) is 11.0. The van der Waals surface area contributed by atoms with Gasteiger partial charge in [-0.3, -0.25) is 14.0 Å². The molecule has 0 amide bonds. The van der Waals surface area contributed by atoms with E-state index < -0.39 is 6.10 Å². The van der Waals surface area contributed by atoms with Gasteiger partial charge in [0.1, 0.15) is 11.8 Å². The van der Waals surface area contributed by atoms with Crippen LogP contribution in [0.2, 0.25) is 0 Å². The molecule has 1 unspecified atom stereocenters. The van der Waals surface area contributed by atoms with Crippen LogP contribution in [-0.2, 0) is 7.05 Å². The monoisotopic (exact) mass is 385 g/mol. The van der Waals surface area contributed by atoms with Gasteiger partial charge in [0, 0.05) is 36.5 Å². The molecule has 29 heavy (non-hydrogen) atoms. The summed E-state index contributed by atoms with van der Waals surface area (Å²) in [4.78, 5) is 17.2. The van der Waals surface area contributed by atoms with E-state index in [9.17, 15) is 15.2 Å². The Kier molecular flexibility index (Phi) is 4.49. The number of aliphatic hydroxyl groups is 1. The topological polar surface area (TPSA) is 96.7 Å². The quantitative estimate of drug-likeness (QED) is 0.585. The minimum absolute atomic E-state index is 0.234. The fourth-order valence-electron chi connectivity index (χ4n) is 3.49. The average Bonchev–Trinajstić information content (AvgIpc) is 3.12. The molecule has 0 radical (unpaired) electrons. The Hall–Kier alpha value is -3.76. The molecule has 0 aliphatic rings. The molecule has 0 saturated carbocycles. The highest BCUT2D eigenvalue weighted by Gasteiger charge is 2.15. The molecule has 0 aliphatic carbocycles. The van der Waals surface area contributed by atoms with Gasteiger partial charge in [0.25, 0.3) is 5.56 Å². The molecule has 1 N–H and O–H groups in total. The van der Waals surface area contributed by atoms with Crippen molar-refractivity contribution < 1.29 is 5.11 Å². The fraction of sp³-hybridized carbons (Fsp3) is 0.182. The van der Waals surface area contributed by atoms with Crippen LogP contribution in [0.1, 0.15) is 29.8 Å². The van der Waals surface area contributed by atoms with Gasteiger partial charge in [-0.1, -0.05) is 6.07 Å². The van der Waals surface area contributed by atoms with E-state index in [1.807, 2.05) is 25.1 Å². The third kappa shape index (κ3) is 3.30. The number of aromatic nitrogens is 4. The van der Waals surface area contributed by atoms with Crippen molar-refractivity contribution in [2.75, 3.05) is 0 Å². The zero-order valence-electron chi connectivity index (χ0n) is 16.3. The molecular formula is C22H19N5O2. The molecule has 1 aromatic carbocycles. The third-order valence-electron chi connectivity index (χ3n) is 4.87. The summed E-state index contributed by atoms with van der Waals surface area (Å²) in [7, 11) is 1.78. The molecule has 0 saturated heterocycles. The van der Waals surface area contributed by atoms with Crippen LogP contribution in [0, 0.1) is 18.3 Å². The van der Waals surface area contributed by atoms with Gasteiger partial charge >= 0.3 is 0 Å². The molecule has 3 heterocycles. The molecule has 7 nitrogen and oxygen atoms in total. The van der Waals surface area contributed by atoms with Gasteiger partial charge in [0.15, 0.2) is 0 Å². The first-order chi connectivity index (χ1) is 13.9. The van der Waals surface area contributed by atoms with E-state index in [2.05, 4.69) is 16.2 Å². The van der Waals surface area contributed by atoms with Crippen molar-refractivity contribution >= 4 is 10.9 Å². The lowest BCUT2D eigenvalue weighted by Crippen LogP contribution is -2.16. The number of hydrogen-bond acceptors (Lipinski definition) is 5. The molecule has 0 fully saturated rings. The lowest BCUT2D eigenvalue weighted by molar-refractivity contribution is 0.201. The number of benzene rings is 1. The molecular weight excluding hydrogens is 366 g/mol. The Labute approximate surface area is 167 Å². The van der Waals surface area contributed by atoms with E-state index in [4.69, 9.17) is 0 Å². The first-order valence-corrected chi connectivity index (χ1v) is 9.13. The number of rotatable bonds is 3. The number of hydrogen-bond donors (Lipinski definition) is 1. The molecule has 0 spiro atoms. The van der Waals surface area contributed by atoms with E-state index >= 15 is 0 Å². The van der Waals surface area contributed by atoms with Crippen LogP contribution in [0.5, 0.6) is 0 Å². The van der Waals surface area contributed by atoms with Gasteiger partial charge in [-0.25, -0.2) is 4.98 Å². The summed E-state index contributed by atoms with van der Waals surface area (Å²) in [5.41, 5.74) is 4.15. The lowest BCUT2D eigenvalue weighted by atomic mass is 9.96. The molecule has 0 bridgehead atoms. The Bertz CT molecular complexity index is 1340. The normalized spacial score (nSPS) is 12.1. The maximum absolute atomic E-state index is 12.7.